The Balaban J connectivity index is 1.23. The summed E-state index contributed by atoms with van der Waals surface area (Å²) < 4.78 is 11.2. The Morgan fingerprint density at radius 1 is 0.429 bits per heavy atom. The number of hydrogen-bond donors (Lipinski definition) is 0. The lowest BCUT2D eigenvalue weighted by molar-refractivity contribution is 0.673. The summed E-state index contributed by atoms with van der Waals surface area (Å²) in [4.78, 5) is 9.88. The highest BCUT2D eigenvalue weighted by Crippen LogP contribution is 2.40. The minimum Gasteiger partial charge on any atom is -0.455 e. The van der Waals surface area contributed by atoms with Crippen LogP contribution in [0.3, 0.4) is 0 Å². The molecule has 0 N–H and O–H groups in total. The predicted octanol–water partition coefficient (Wildman–Crippen LogP) is 9.41. The molecule has 0 amide bonds. The molecule has 0 aliphatic heterocycles. The van der Waals surface area contributed by atoms with E-state index in [0.717, 1.165) is 66.1 Å². The molecule has 0 atom stereocenters. The topological polar surface area (TPSA) is 48.3 Å². The fraction of sp³-hybridized carbons (Fsp3) is 0. The molecule has 262 valence electrons. The van der Waals surface area contributed by atoms with Gasteiger partial charge in [-0.3, -0.25) is 8.97 Å². The molecule has 0 radical (unpaired) electrons. The molecule has 0 aliphatic carbocycles. The number of rotatable bonds is 5. The summed E-state index contributed by atoms with van der Waals surface area (Å²) in [6.07, 6.45) is 5.86. The fourth-order valence-electron chi connectivity index (χ4n) is 9.43. The monoisotopic (exact) mass is 732 g/mol. The van der Waals surface area contributed by atoms with Crippen LogP contribution in [0.4, 0.5) is 0 Å². The van der Waals surface area contributed by atoms with Crippen LogP contribution in [0, 0.1) is 0 Å². The predicted molar refractivity (Wildman–Crippen MR) is 233 cm³/mol. The van der Waals surface area contributed by atoms with E-state index in [9.17, 15) is 0 Å². The van der Waals surface area contributed by atoms with Gasteiger partial charge in [0, 0.05) is 45.5 Å². The molecule has 0 saturated heterocycles. The standard InChI is InChI=1S/C50H32N4OSi/c1-3-13-33(14-4-1)56(34-15-5-2-6-16-34,35-22-24-37-38-17-7-9-19-43(38)53-30-29-52-50(53)42(37)31-35)36-23-25-41-45(32-36)54(47-21-11-12-28-51-47)44-27-26-40-39-18-8-10-20-46(39)55-49(40)48(41)44/h1-32H. The number of benzene rings is 7. The van der Waals surface area contributed by atoms with Crippen LogP contribution in [0.25, 0.3) is 76.9 Å². The molecule has 0 bridgehead atoms. The second-order valence-corrected chi connectivity index (χ2v) is 18.4. The largest absolute Gasteiger partial charge is 0.455 e. The lowest BCUT2D eigenvalue weighted by atomic mass is 10.1. The van der Waals surface area contributed by atoms with Crippen LogP contribution < -0.4 is 20.7 Å². The first-order chi connectivity index (χ1) is 27.8. The lowest BCUT2D eigenvalue weighted by Crippen LogP contribution is -2.74. The molecule has 7 aromatic carbocycles. The molecule has 12 aromatic rings. The molecule has 0 unspecified atom stereocenters. The van der Waals surface area contributed by atoms with Crippen molar-refractivity contribution in [2.24, 2.45) is 0 Å². The van der Waals surface area contributed by atoms with Crippen LogP contribution in [-0.2, 0) is 0 Å². The van der Waals surface area contributed by atoms with Gasteiger partial charge in [-0.05, 0) is 68.6 Å². The van der Waals surface area contributed by atoms with E-state index in [1.807, 2.05) is 24.5 Å². The quantitative estimate of drug-likeness (QED) is 0.101. The lowest BCUT2D eigenvalue weighted by Gasteiger charge is -2.35. The molecule has 0 spiro atoms. The zero-order valence-corrected chi connectivity index (χ0v) is 31.2. The summed E-state index contributed by atoms with van der Waals surface area (Å²) in [6.45, 7) is 0. The van der Waals surface area contributed by atoms with Crippen molar-refractivity contribution in [3.05, 3.63) is 195 Å². The average Bonchev–Trinajstić information content (AvgIpc) is 4.00. The third kappa shape index (κ3) is 4.24. The van der Waals surface area contributed by atoms with Gasteiger partial charge in [-0.1, -0.05) is 133 Å². The van der Waals surface area contributed by atoms with E-state index in [1.54, 1.807) is 0 Å². The SMILES string of the molecule is c1ccc([Si](c2ccccc2)(c2ccc3c4ccccc4n4ccnc4c3c2)c2ccc3c4c5oc6ccccc6c5ccc4n(-c4ccccn4)c3c2)cc1. The zero-order valence-electron chi connectivity index (χ0n) is 30.2. The Labute approximate surface area is 322 Å². The molecule has 5 heterocycles. The van der Waals surface area contributed by atoms with Gasteiger partial charge in [0.25, 0.3) is 0 Å². The van der Waals surface area contributed by atoms with Crippen molar-refractivity contribution < 1.29 is 4.42 Å². The maximum Gasteiger partial charge on any atom is 0.179 e. The number of para-hydroxylation sites is 2. The number of furan rings is 1. The van der Waals surface area contributed by atoms with E-state index < -0.39 is 8.07 Å². The van der Waals surface area contributed by atoms with Gasteiger partial charge in [0.1, 0.15) is 22.6 Å². The van der Waals surface area contributed by atoms with E-state index in [2.05, 4.69) is 179 Å². The number of fused-ring (bicyclic) bond motifs is 13. The van der Waals surface area contributed by atoms with E-state index in [0.29, 0.717) is 0 Å². The summed E-state index contributed by atoms with van der Waals surface area (Å²) >= 11 is 0. The minimum absolute atomic E-state index is 0.867. The first-order valence-electron chi connectivity index (χ1n) is 19.0. The molecule has 0 aliphatic rings. The maximum atomic E-state index is 6.70. The molecular weight excluding hydrogens is 701 g/mol. The smallest absolute Gasteiger partial charge is 0.179 e. The molecule has 56 heavy (non-hydrogen) atoms. The van der Waals surface area contributed by atoms with Crippen molar-refractivity contribution >= 4 is 99.9 Å². The molecular formula is C50H32N4OSi. The van der Waals surface area contributed by atoms with E-state index in [1.165, 1.54) is 31.5 Å². The zero-order chi connectivity index (χ0) is 36.8. The Bertz CT molecular complexity index is 3440. The third-order valence-electron chi connectivity index (χ3n) is 11.8. The van der Waals surface area contributed by atoms with Crippen LogP contribution in [-0.4, -0.2) is 27.0 Å². The van der Waals surface area contributed by atoms with Crippen LogP contribution in [0.5, 0.6) is 0 Å². The van der Waals surface area contributed by atoms with Gasteiger partial charge in [-0.15, -0.1) is 0 Å². The van der Waals surface area contributed by atoms with Gasteiger partial charge in [-0.25, -0.2) is 9.97 Å². The number of nitrogens with zero attached hydrogens (tertiary/aromatic N) is 4. The van der Waals surface area contributed by atoms with Crippen molar-refractivity contribution in [2.45, 2.75) is 0 Å². The van der Waals surface area contributed by atoms with Crippen molar-refractivity contribution in [1.82, 2.24) is 18.9 Å². The first-order valence-corrected chi connectivity index (χ1v) is 21.0. The van der Waals surface area contributed by atoms with Crippen molar-refractivity contribution in [2.75, 3.05) is 0 Å². The van der Waals surface area contributed by atoms with Gasteiger partial charge in [0.2, 0.25) is 0 Å². The number of hydrogen-bond acceptors (Lipinski definition) is 3. The van der Waals surface area contributed by atoms with E-state index >= 15 is 0 Å². The van der Waals surface area contributed by atoms with Crippen molar-refractivity contribution in [1.29, 1.82) is 0 Å². The normalized spacial score (nSPS) is 12.3. The van der Waals surface area contributed by atoms with Gasteiger partial charge in [-0.2, -0.15) is 0 Å². The summed E-state index contributed by atoms with van der Waals surface area (Å²) in [6, 6.07) is 64.1. The summed E-state index contributed by atoms with van der Waals surface area (Å²) in [5, 5.41) is 13.2. The maximum absolute atomic E-state index is 6.70. The van der Waals surface area contributed by atoms with E-state index in [4.69, 9.17) is 14.4 Å². The Morgan fingerprint density at radius 3 is 1.89 bits per heavy atom. The van der Waals surface area contributed by atoms with Gasteiger partial charge >= 0.3 is 0 Å². The Morgan fingerprint density at radius 2 is 1.11 bits per heavy atom. The van der Waals surface area contributed by atoms with Crippen molar-refractivity contribution in [3.63, 3.8) is 0 Å². The molecule has 5 nitrogen and oxygen atoms in total. The van der Waals surface area contributed by atoms with Crippen LogP contribution in [0.15, 0.2) is 199 Å². The molecule has 0 fully saturated rings. The highest BCUT2D eigenvalue weighted by atomic mass is 28.3. The molecule has 5 aromatic heterocycles. The molecule has 12 rings (SSSR count). The van der Waals surface area contributed by atoms with Gasteiger partial charge in [0.05, 0.1) is 21.9 Å². The highest BCUT2D eigenvalue weighted by molar-refractivity contribution is 7.20. The molecule has 6 heteroatoms. The number of aromatic nitrogens is 4. The summed E-state index contributed by atoms with van der Waals surface area (Å²) in [5.41, 5.74) is 6.06. The van der Waals surface area contributed by atoms with E-state index in [-0.39, 0.29) is 0 Å². The average molecular weight is 733 g/mol. The first kappa shape index (κ1) is 31.1. The fourth-order valence-corrected chi connectivity index (χ4v) is 14.2. The van der Waals surface area contributed by atoms with Crippen molar-refractivity contribution in [3.8, 4) is 5.82 Å². The Kier molecular flexibility index (Phi) is 6.59. The van der Waals surface area contributed by atoms with Gasteiger partial charge in [0.15, 0.2) is 8.07 Å². The highest BCUT2D eigenvalue weighted by Gasteiger charge is 2.42. The van der Waals surface area contributed by atoms with Crippen LogP contribution in [0.1, 0.15) is 0 Å². The second kappa shape index (κ2) is 11.9. The number of pyridine rings is 2. The molecule has 0 saturated carbocycles. The summed E-state index contributed by atoms with van der Waals surface area (Å²) in [7, 11) is -3.02. The Hall–Kier alpha value is -7.28. The minimum atomic E-state index is -3.02. The summed E-state index contributed by atoms with van der Waals surface area (Å²) in [5.74, 6) is 0.867. The van der Waals surface area contributed by atoms with Gasteiger partial charge < -0.3 is 4.42 Å². The number of imidazole rings is 1. The third-order valence-corrected chi connectivity index (χ3v) is 16.5. The van der Waals surface area contributed by atoms with Crippen LogP contribution in [0.2, 0.25) is 0 Å². The van der Waals surface area contributed by atoms with Crippen LogP contribution >= 0.6 is 0 Å². The second-order valence-electron chi connectivity index (χ2n) is 14.6.